The minimum atomic E-state index is -0.696. The van der Waals surface area contributed by atoms with Crippen molar-refractivity contribution in [3.63, 3.8) is 0 Å². The van der Waals surface area contributed by atoms with Gasteiger partial charge in [0.25, 0.3) is 0 Å². The van der Waals surface area contributed by atoms with E-state index in [-0.39, 0.29) is 35.8 Å². The molecule has 0 atom stereocenters. The molecular weight excluding hydrogens is 464 g/mol. The van der Waals surface area contributed by atoms with E-state index in [1.54, 1.807) is 0 Å². The zero-order chi connectivity index (χ0) is 25.6. The third kappa shape index (κ3) is 8.11. The van der Waals surface area contributed by atoms with Crippen LogP contribution in [0, 0.1) is 0 Å². The summed E-state index contributed by atoms with van der Waals surface area (Å²) < 4.78 is 32.7. The molecule has 0 spiro atoms. The Kier molecular flexibility index (Phi) is 10.8. The Bertz CT molecular complexity index is 1010. The molecule has 0 saturated heterocycles. The molecule has 0 aromatic heterocycles. The van der Waals surface area contributed by atoms with Crippen LogP contribution in [0.3, 0.4) is 0 Å². The van der Waals surface area contributed by atoms with Gasteiger partial charge in [-0.05, 0) is 23.3 Å². The second-order valence-electron chi connectivity index (χ2n) is 7.60. The first kappa shape index (κ1) is 26.7. The maximum atomic E-state index is 12.3. The fourth-order valence-corrected chi connectivity index (χ4v) is 3.29. The highest BCUT2D eigenvalue weighted by molar-refractivity contribution is 6.04. The third-order valence-electron chi connectivity index (χ3n) is 5.09. The van der Waals surface area contributed by atoms with E-state index < -0.39 is 11.9 Å². The minimum absolute atomic E-state index is 0.0113. The molecular formula is C28H30O8. The molecule has 0 heterocycles. The number of benzene rings is 3. The maximum Gasteiger partial charge on any atom is 0.338 e. The van der Waals surface area contributed by atoms with E-state index in [0.717, 1.165) is 11.1 Å². The summed E-state index contributed by atoms with van der Waals surface area (Å²) in [5.41, 5.74) is 2.12. The molecule has 8 heteroatoms. The molecule has 3 aromatic rings. The molecule has 0 aliphatic carbocycles. The number of esters is 2. The molecule has 3 rings (SSSR count). The highest BCUT2D eigenvalue weighted by Crippen LogP contribution is 2.32. The first-order valence-electron chi connectivity index (χ1n) is 11.5. The highest BCUT2D eigenvalue weighted by Gasteiger charge is 2.23. The Morgan fingerprint density at radius 1 is 0.583 bits per heavy atom. The molecule has 3 aromatic carbocycles. The van der Waals surface area contributed by atoms with E-state index in [1.165, 1.54) is 26.4 Å². The number of carbonyl (C=O) groups excluding carboxylic acids is 2. The average molecular weight is 495 g/mol. The number of hydrogen-bond donors (Lipinski definition) is 0. The lowest BCUT2D eigenvalue weighted by molar-refractivity contribution is 0.0552. The minimum Gasteiger partial charge on any atom is -0.487 e. The Hall–Kier alpha value is -3.88. The van der Waals surface area contributed by atoms with Gasteiger partial charge in [0, 0.05) is 0 Å². The first-order chi connectivity index (χ1) is 17.6. The summed E-state index contributed by atoms with van der Waals surface area (Å²) in [6.45, 7) is 1.90. The van der Waals surface area contributed by atoms with E-state index in [1.807, 2.05) is 60.7 Å². The lowest BCUT2D eigenvalue weighted by Gasteiger charge is -2.16. The van der Waals surface area contributed by atoms with Gasteiger partial charge in [-0.25, -0.2) is 9.59 Å². The Morgan fingerprint density at radius 3 is 1.33 bits per heavy atom. The summed E-state index contributed by atoms with van der Waals surface area (Å²) in [4.78, 5) is 24.6. The van der Waals surface area contributed by atoms with Gasteiger partial charge >= 0.3 is 11.9 Å². The van der Waals surface area contributed by atoms with E-state index in [4.69, 9.17) is 28.4 Å². The van der Waals surface area contributed by atoms with Gasteiger partial charge in [0.05, 0.1) is 51.8 Å². The molecule has 8 nitrogen and oxygen atoms in total. The van der Waals surface area contributed by atoms with Crippen LogP contribution in [0.1, 0.15) is 31.8 Å². The fourth-order valence-electron chi connectivity index (χ4n) is 3.29. The quantitative estimate of drug-likeness (QED) is 0.240. The van der Waals surface area contributed by atoms with Crippen molar-refractivity contribution in [3.8, 4) is 11.5 Å². The van der Waals surface area contributed by atoms with Gasteiger partial charge in [-0.3, -0.25) is 0 Å². The molecule has 0 saturated carbocycles. The molecule has 36 heavy (non-hydrogen) atoms. The van der Waals surface area contributed by atoms with E-state index in [9.17, 15) is 9.59 Å². The molecule has 0 N–H and O–H groups in total. The van der Waals surface area contributed by atoms with Crippen molar-refractivity contribution in [1.29, 1.82) is 0 Å². The fraction of sp³-hybridized carbons (Fsp3) is 0.286. The maximum absolute atomic E-state index is 12.3. The lowest BCUT2D eigenvalue weighted by Crippen LogP contribution is -2.15. The van der Waals surface area contributed by atoms with Crippen LogP contribution in [0.5, 0.6) is 11.5 Å². The van der Waals surface area contributed by atoms with E-state index >= 15 is 0 Å². The normalized spacial score (nSPS) is 10.5. The Labute approximate surface area is 210 Å². The average Bonchev–Trinajstić information content (AvgIpc) is 2.93. The number of hydrogen-bond acceptors (Lipinski definition) is 8. The lowest BCUT2D eigenvalue weighted by atomic mass is 10.1. The van der Waals surface area contributed by atoms with Crippen LogP contribution in [0.2, 0.25) is 0 Å². The number of ether oxygens (including phenoxy) is 6. The van der Waals surface area contributed by atoms with E-state index in [2.05, 4.69) is 0 Å². The van der Waals surface area contributed by atoms with E-state index in [0.29, 0.717) is 26.4 Å². The molecule has 0 radical (unpaired) electrons. The van der Waals surface area contributed by atoms with Crippen LogP contribution in [0.25, 0.3) is 0 Å². The number of carbonyl (C=O) groups is 2. The molecule has 0 unspecified atom stereocenters. The molecule has 190 valence electrons. The summed E-state index contributed by atoms with van der Waals surface area (Å²) >= 11 is 0. The van der Waals surface area contributed by atoms with Crippen molar-refractivity contribution >= 4 is 11.9 Å². The van der Waals surface area contributed by atoms with Crippen molar-refractivity contribution in [1.82, 2.24) is 0 Å². The van der Waals surface area contributed by atoms with Crippen molar-refractivity contribution < 1.29 is 38.0 Å². The van der Waals surface area contributed by atoms with Crippen LogP contribution in [0.15, 0.2) is 72.8 Å². The summed E-state index contributed by atoms with van der Waals surface area (Å²) in [5.74, 6) is -0.847. The Morgan fingerprint density at radius 2 is 0.972 bits per heavy atom. The SMILES string of the molecule is COC(=O)c1cc(OCCOCc2ccccc2)c(OCCOCc2ccccc2)cc1C(=O)OC. The summed E-state index contributed by atoms with van der Waals surface area (Å²) in [6, 6.07) is 22.4. The third-order valence-corrected chi connectivity index (χ3v) is 5.09. The zero-order valence-corrected chi connectivity index (χ0v) is 20.4. The van der Waals surface area contributed by atoms with Crippen molar-refractivity contribution in [2.75, 3.05) is 40.6 Å². The zero-order valence-electron chi connectivity index (χ0n) is 20.4. The molecule has 0 fully saturated rings. The van der Waals surface area contributed by atoms with Gasteiger partial charge in [0.2, 0.25) is 0 Å². The summed E-state index contributed by atoms with van der Waals surface area (Å²) in [5, 5.41) is 0. The topological polar surface area (TPSA) is 89.5 Å². The monoisotopic (exact) mass is 494 g/mol. The predicted molar refractivity (Wildman–Crippen MR) is 132 cm³/mol. The van der Waals surface area contributed by atoms with Crippen molar-refractivity contribution in [2.24, 2.45) is 0 Å². The highest BCUT2D eigenvalue weighted by atomic mass is 16.6. The number of methoxy groups -OCH3 is 2. The van der Waals surface area contributed by atoms with Gasteiger partial charge in [-0.15, -0.1) is 0 Å². The predicted octanol–water partition coefficient (Wildman–Crippen LogP) is 4.45. The second-order valence-corrected chi connectivity index (χ2v) is 7.60. The first-order valence-corrected chi connectivity index (χ1v) is 11.5. The molecule has 0 aliphatic rings. The molecule has 0 bridgehead atoms. The van der Waals surface area contributed by atoms with Gasteiger partial charge < -0.3 is 28.4 Å². The van der Waals surface area contributed by atoms with Gasteiger partial charge in [-0.1, -0.05) is 60.7 Å². The van der Waals surface area contributed by atoms with Gasteiger partial charge in [0.15, 0.2) is 11.5 Å². The van der Waals surface area contributed by atoms with Crippen LogP contribution in [-0.2, 0) is 32.2 Å². The van der Waals surface area contributed by atoms with Crippen LogP contribution in [-0.4, -0.2) is 52.6 Å². The van der Waals surface area contributed by atoms with Crippen LogP contribution >= 0.6 is 0 Å². The van der Waals surface area contributed by atoms with Crippen LogP contribution < -0.4 is 9.47 Å². The summed E-state index contributed by atoms with van der Waals surface area (Å²) in [7, 11) is 2.46. The number of rotatable bonds is 14. The largest absolute Gasteiger partial charge is 0.487 e. The summed E-state index contributed by atoms with van der Waals surface area (Å²) in [6.07, 6.45) is 0. The standard InChI is InChI=1S/C28H30O8/c1-31-27(29)23-17-25(35-15-13-33-19-21-9-5-3-6-10-21)26(18-24(23)28(30)32-2)36-16-14-34-20-22-11-7-4-8-12-22/h3-12,17-18H,13-16,19-20H2,1-2H3. The van der Waals surface area contributed by atoms with Crippen molar-refractivity contribution in [2.45, 2.75) is 13.2 Å². The van der Waals surface area contributed by atoms with Gasteiger partial charge in [-0.2, -0.15) is 0 Å². The van der Waals surface area contributed by atoms with Gasteiger partial charge in [0.1, 0.15) is 13.2 Å². The Balaban J connectivity index is 1.65. The van der Waals surface area contributed by atoms with Crippen LogP contribution in [0.4, 0.5) is 0 Å². The molecule has 0 amide bonds. The second kappa shape index (κ2) is 14.5. The van der Waals surface area contributed by atoms with Crippen molar-refractivity contribution in [3.05, 3.63) is 95.1 Å². The molecule has 0 aliphatic heterocycles. The smallest absolute Gasteiger partial charge is 0.338 e.